The van der Waals surface area contributed by atoms with Crippen molar-refractivity contribution in [2.75, 3.05) is 53.0 Å². The van der Waals surface area contributed by atoms with Gasteiger partial charge in [-0.3, -0.25) is 14.6 Å². The third-order valence-electron chi connectivity index (χ3n) is 5.20. The van der Waals surface area contributed by atoms with Crippen LogP contribution in [0.15, 0.2) is 0 Å². The minimum Gasteiger partial charge on any atom is -0.383 e. The number of carbonyl (C=O) groups excluding carboxylic acids is 1. The van der Waals surface area contributed by atoms with E-state index in [9.17, 15) is 4.79 Å². The van der Waals surface area contributed by atoms with E-state index in [1.807, 2.05) is 0 Å². The van der Waals surface area contributed by atoms with E-state index in [0.29, 0.717) is 11.9 Å². The second kappa shape index (κ2) is 8.85. The van der Waals surface area contributed by atoms with Crippen molar-refractivity contribution in [1.82, 2.24) is 14.7 Å². The molecule has 128 valence electrons. The van der Waals surface area contributed by atoms with Gasteiger partial charge in [0.05, 0.1) is 12.6 Å². The number of nitrogens with zero attached hydrogens (tertiary/aromatic N) is 3. The number of piperazine rings is 1. The summed E-state index contributed by atoms with van der Waals surface area (Å²) >= 11 is 0. The van der Waals surface area contributed by atoms with Gasteiger partial charge in [-0.05, 0) is 26.7 Å². The van der Waals surface area contributed by atoms with Gasteiger partial charge in [0.1, 0.15) is 0 Å². The first-order valence-corrected chi connectivity index (χ1v) is 8.89. The largest absolute Gasteiger partial charge is 0.383 e. The minimum atomic E-state index is 0.0186. The van der Waals surface area contributed by atoms with Crippen LogP contribution in [0.3, 0.4) is 0 Å². The Morgan fingerprint density at radius 2 is 1.82 bits per heavy atom. The molecule has 0 aromatic carbocycles. The highest BCUT2D eigenvalue weighted by atomic mass is 16.5. The number of ether oxygens (including phenoxy) is 1. The standard InChI is InChI=1S/C17H33N3O2/c1-15-14-20(11-10-18(15)12-13-22-3)16(2)17(21)19-8-6-4-5-7-9-19/h15-16H,4-14H2,1-3H3/t15-,16+/m1/s1. The van der Waals surface area contributed by atoms with Crippen LogP contribution in [0, 0.1) is 0 Å². The van der Waals surface area contributed by atoms with Crippen LogP contribution in [0.2, 0.25) is 0 Å². The van der Waals surface area contributed by atoms with E-state index in [0.717, 1.165) is 45.9 Å². The number of hydrogen-bond donors (Lipinski definition) is 0. The fourth-order valence-electron chi connectivity index (χ4n) is 3.63. The molecule has 0 aliphatic carbocycles. The van der Waals surface area contributed by atoms with Gasteiger partial charge in [0.15, 0.2) is 0 Å². The van der Waals surface area contributed by atoms with Gasteiger partial charge >= 0.3 is 0 Å². The number of carbonyl (C=O) groups is 1. The van der Waals surface area contributed by atoms with Crippen molar-refractivity contribution in [3.63, 3.8) is 0 Å². The number of likely N-dealkylation sites (tertiary alicyclic amines) is 1. The van der Waals surface area contributed by atoms with Gasteiger partial charge in [-0.25, -0.2) is 0 Å². The van der Waals surface area contributed by atoms with Gasteiger partial charge < -0.3 is 9.64 Å². The Morgan fingerprint density at radius 1 is 1.14 bits per heavy atom. The Hall–Kier alpha value is -0.650. The summed E-state index contributed by atoms with van der Waals surface area (Å²) in [6.07, 6.45) is 4.88. The summed E-state index contributed by atoms with van der Waals surface area (Å²) in [7, 11) is 1.75. The zero-order valence-electron chi connectivity index (χ0n) is 14.6. The fourth-order valence-corrected chi connectivity index (χ4v) is 3.63. The summed E-state index contributed by atoms with van der Waals surface area (Å²) in [4.78, 5) is 19.7. The first kappa shape index (κ1) is 17.7. The van der Waals surface area contributed by atoms with Crippen molar-refractivity contribution >= 4 is 5.91 Å². The molecule has 0 radical (unpaired) electrons. The van der Waals surface area contributed by atoms with Gasteiger partial charge in [0, 0.05) is 52.4 Å². The average Bonchev–Trinajstić information content (AvgIpc) is 2.81. The Morgan fingerprint density at radius 3 is 2.41 bits per heavy atom. The first-order chi connectivity index (χ1) is 10.6. The van der Waals surface area contributed by atoms with Crippen molar-refractivity contribution < 1.29 is 9.53 Å². The van der Waals surface area contributed by atoms with Crippen LogP contribution in [0.5, 0.6) is 0 Å². The Bertz CT molecular complexity index is 343. The van der Waals surface area contributed by atoms with Gasteiger partial charge in [0.2, 0.25) is 5.91 Å². The number of methoxy groups -OCH3 is 1. The molecule has 2 saturated heterocycles. The molecule has 0 N–H and O–H groups in total. The van der Waals surface area contributed by atoms with Crippen molar-refractivity contribution in [3.05, 3.63) is 0 Å². The zero-order chi connectivity index (χ0) is 15.9. The first-order valence-electron chi connectivity index (χ1n) is 8.89. The van der Waals surface area contributed by atoms with E-state index >= 15 is 0 Å². The van der Waals surface area contributed by atoms with Gasteiger partial charge in [0.25, 0.3) is 0 Å². The monoisotopic (exact) mass is 311 g/mol. The lowest BCUT2D eigenvalue weighted by atomic mass is 10.1. The van der Waals surface area contributed by atoms with Crippen LogP contribution in [0.1, 0.15) is 39.5 Å². The van der Waals surface area contributed by atoms with Crippen LogP contribution in [-0.2, 0) is 9.53 Å². The van der Waals surface area contributed by atoms with E-state index in [1.165, 1.54) is 25.7 Å². The normalized spacial score (nSPS) is 26.7. The Kier molecular flexibility index (Phi) is 7.12. The highest BCUT2D eigenvalue weighted by molar-refractivity contribution is 5.81. The third kappa shape index (κ3) is 4.67. The zero-order valence-corrected chi connectivity index (χ0v) is 14.6. The number of hydrogen-bond acceptors (Lipinski definition) is 4. The van der Waals surface area contributed by atoms with E-state index < -0.39 is 0 Å². The molecule has 2 aliphatic heterocycles. The van der Waals surface area contributed by atoms with Gasteiger partial charge in [-0.2, -0.15) is 0 Å². The summed E-state index contributed by atoms with van der Waals surface area (Å²) in [5, 5.41) is 0. The molecular weight excluding hydrogens is 278 g/mol. The molecule has 2 fully saturated rings. The molecule has 2 aliphatic rings. The van der Waals surface area contributed by atoms with E-state index in [4.69, 9.17) is 4.74 Å². The van der Waals surface area contributed by atoms with Crippen molar-refractivity contribution in [3.8, 4) is 0 Å². The van der Waals surface area contributed by atoms with Crippen molar-refractivity contribution in [2.45, 2.75) is 51.6 Å². The van der Waals surface area contributed by atoms with Crippen LogP contribution in [0.4, 0.5) is 0 Å². The molecule has 5 heteroatoms. The van der Waals surface area contributed by atoms with Gasteiger partial charge in [-0.15, -0.1) is 0 Å². The molecule has 0 aromatic rings. The highest BCUT2D eigenvalue weighted by Gasteiger charge is 2.31. The molecular formula is C17H33N3O2. The Balaban J connectivity index is 1.84. The summed E-state index contributed by atoms with van der Waals surface area (Å²) in [6.45, 7) is 11.0. The summed E-state index contributed by atoms with van der Waals surface area (Å²) in [6, 6.07) is 0.508. The van der Waals surface area contributed by atoms with Gasteiger partial charge in [-0.1, -0.05) is 12.8 Å². The molecule has 2 atom stereocenters. The Labute approximate surface area is 135 Å². The number of amides is 1. The second-order valence-corrected chi connectivity index (χ2v) is 6.79. The highest BCUT2D eigenvalue weighted by Crippen LogP contribution is 2.16. The number of rotatable bonds is 5. The maximum atomic E-state index is 12.8. The predicted molar refractivity (Wildman–Crippen MR) is 89.0 cm³/mol. The summed E-state index contributed by atoms with van der Waals surface area (Å²) in [5.74, 6) is 0.333. The quantitative estimate of drug-likeness (QED) is 0.769. The fraction of sp³-hybridized carbons (Fsp3) is 0.941. The molecule has 0 bridgehead atoms. The second-order valence-electron chi connectivity index (χ2n) is 6.79. The lowest BCUT2D eigenvalue weighted by Crippen LogP contribution is -2.58. The maximum absolute atomic E-state index is 12.8. The van der Waals surface area contributed by atoms with Crippen LogP contribution < -0.4 is 0 Å². The smallest absolute Gasteiger partial charge is 0.239 e. The topological polar surface area (TPSA) is 36.0 Å². The van der Waals surface area contributed by atoms with E-state index in [2.05, 4.69) is 28.5 Å². The molecule has 2 heterocycles. The maximum Gasteiger partial charge on any atom is 0.239 e. The minimum absolute atomic E-state index is 0.0186. The van der Waals surface area contributed by atoms with E-state index in [1.54, 1.807) is 7.11 Å². The lowest BCUT2D eigenvalue weighted by Gasteiger charge is -2.42. The molecule has 0 saturated carbocycles. The average molecular weight is 311 g/mol. The summed E-state index contributed by atoms with van der Waals surface area (Å²) in [5.41, 5.74) is 0. The SMILES string of the molecule is COCCN1CCN([C@@H](C)C(=O)N2CCCCCC2)C[C@H]1C. The molecule has 5 nitrogen and oxygen atoms in total. The summed E-state index contributed by atoms with van der Waals surface area (Å²) < 4.78 is 5.18. The molecule has 22 heavy (non-hydrogen) atoms. The lowest BCUT2D eigenvalue weighted by molar-refractivity contribution is -0.137. The van der Waals surface area contributed by atoms with Crippen molar-refractivity contribution in [2.24, 2.45) is 0 Å². The molecule has 2 rings (SSSR count). The van der Waals surface area contributed by atoms with Crippen LogP contribution in [0.25, 0.3) is 0 Å². The van der Waals surface area contributed by atoms with E-state index in [-0.39, 0.29) is 6.04 Å². The van der Waals surface area contributed by atoms with Crippen LogP contribution >= 0.6 is 0 Å². The molecule has 0 spiro atoms. The predicted octanol–water partition coefficient (Wildman–Crippen LogP) is 1.43. The molecule has 0 aromatic heterocycles. The van der Waals surface area contributed by atoms with Crippen molar-refractivity contribution in [1.29, 1.82) is 0 Å². The third-order valence-corrected chi connectivity index (χ3v) is 5.20. The van der Waals surface area contributed by atoms with Crippen LogP contribution in [-0.4, -0.2) is 85.7 Å². The molecule has 1 amide bonds. The molecule has 0 unspecified atom stereocenters.